The number of anilines is 1. The van der Waals surface area contributed by atoms with Crippen LogP contribution >= 0.6 is 0 Å². The summed E-state index contributed by atoms with van der Waals surface area (Å²) < 4.78 is 16.6. The Hall–Kier alpha value is -2.58. The number of carbonyl (C=O) groups excluding carboxylic acids is 2. The third-order valence-electron chi connectivity index (χ3n) is 8.62. The van der Waals surface area contributed by atoms with Crippen LogP contribution in [0.1, 0.15) is 32.3 Å². The van der Waals surface area contributed by atoms with Crippen molar-refractivity contribution in [2.75, 3.05) is 39.3 Å². The van der Waals surface area contributed by atoms with E-state index in [0.717, 1.165) is 30.8 Å². The molecule has 178 valence electrons. The first kappa shape index (κ1) is 22.2. The quantitative estimate of drug-likeness (QED) is 0.541. The van der Waals surface area contributed by atoms with E-state index in [2.05, 4.69) is 23.1 Å². The highest BCUT2D eigenvalue weighted by atomic mass is 16.6. The zero-order valence-corrected chi connectivity index (χ0v) is 19.8. The molecule has 1 aromatic rings. The Balaban J connectivity index is 1.86. The van der Waals surface area contributed by atoms with Gasteiger partial charge in [0.2, 0.25) is 5.60 Å². The van der Waals surface area contributed by atoms with Crippen molar-refractivity contribution in [3.05, 3.63) is 35.9 Å². The van der Waals surface area contributed by atoms with E-state index < -0.39 is 40.5 Å². The van der Waals surface area contributed by atoms with E-state index in [1.54, 1.807) is 7.11 Å². The van der Waals surface area contributed by atoms with Crippen LogP contribution in [-0.4, -0.2) is 80.1 Å². The maximum absolute atomic E-state index is 13.5. The summed E-state index contributed by atoms with van der Waals surface area (Å²) in [6.45, 7) is 4.94. The Morgan fingerprint density at radius 1 is 1.24 bits per heavy atom. The molecule has 1 N–H and O–H groups in total. The highest BCUT2D eigenvalue weighted by Gasteiger charge is 2.80. The molecule has 5 rings (SSSR count). The van der Waals surface area contributed by atoms with Gasteiger partial charge in [-0.3, -0.25) is 9.69 Å². The van der Waals surface area contributed by atoms with Gasteiger partial charge in [0.25, 0.3) is 0 Å². The van der Waals surface area contributed by atoms with Crippen molar-refractivity contribution >= 4 is 17.6 Å². The van der Waals surface area contributed by atoms with Crippen LogP contribution in [0.4, 0.5) is 5.69 Å². The minimum Gasteiger partial charge on any atom is -0.497 e. The normalized spacial score (nSPS) is 38.4. The first-order valence-corrected chi connectivity index (χ1v) is 11.5. The summed E-state index contributed by atoms with van der Waals surface area (Å²) in [4.78, 5) is 30.2. The highest BCUT2D eigenvalue weighted by molar-refractivity contribution is 5.87. The Kier molecular flexibility index (Phi) is 4.85. The molecule has 2 fully saturated rings. The van der Waals surface area contributed by atoms with E-state index >= 15 is 0 Å². The predicted molar refractivity (Wildman–Crippen MR) is 121 cm³/mol. The summed E-state index contributed by atoms with van der Waals surface area (Å²) in [6.07, 6.45) is 4.40. The number of methoxy groups -OCH3 is 2. The second-order valence-electron chi connectivity index (χ2n) is 9.76. The molecule has 0 unspecified atom stereocenters. The van der Waals surface area contributed by atoms with Crippen molar-refractivity contribution in [3.63, 3.8) is 0 Å². The number of hydrogen-bond acceptors (Lipinski definition) is 8. The van der Waals surface area contributed by atoms with E-state index in [1.807, 2.05) is 31.0 Å². The molecule has 3 heterocycles. The Labute approximate surface area is 194 Å². The second-order valence-corrected chi connectivity index (χ2v) is 9.76. The topological polar surface area (TPSA) is 88.5 Å². The Morgan fingerprint density at radius 2 is 2.00 bits per heavy atom. The summed E-state index contributed by atoms with van der Waals surface area (Å²) in [5.74, 6) is -0.617. The van der Waals surface area contributed by atoms with Gasteiger partial charge >= 0.3 is 11.9 Å². The molecule has 1 aliphatic carbocycles. The number of rotatable bonds is 4. The Morgan fingerprint density at radius 3 is 2.64 bits per heavy atom. The minimum atomic E-state index is -2.08. The molecule has 0 radical (unpaired) electrons. The standard InChI is InChI=1S/C25H32N2O6/c1-6-23-10-7-12-27-13-11-24(19(23)27)17-9-8-16(31-4)14-18(17)26(3)20(24)25(30,22(29)32-5)21(23)33-15(2)28/h7-10,14,19-21,30H,6,11-13H2,1-5H3/t19-,20-,21+,23+,24+,25+/m0/s1. The van der Waals surface area contributed by atoms with Crippen LogP contribution in [0.25, 0.3) is 0 Å². The van der Waals surface area contributed by atoms with Crippen LogP contribution < -0.4 is 9.64 Å². The third-order valence-corrected chi connectivity index (χ3v) is 8.62. The molecule has 33 heavy (non-hydrogen) atoms. The number of nitrogens with zero attached hydrogens (tertiary/aromatic N) is 2. The smallest absolute Gasteiger partial charge is 0.344 e. The number of hydrogen-bond donors (Lipinski definition) is 1. The van der Waals surface area contributed by atoms with Gasteiger partial charge in [-0.1, -0.05) is 25.1 Å². The largest absolute Gasteiger partial charge is 0.497 e. The highest BCUT2D eigenvalue weighted by Crippen LogP contribution is 2.67. The van der Waals surface area contributed by atoms with Gasteiger partial charge in [0.05, 0.1) is 20.3 Å². The summed E-state index contributed by atoms with van der Waals surface area (Å²) >= 11 is 0. The molecule has 0 aromatic heterocycles. The molecule has 1 saturated heterocycles. The molecule has 1 saturated carbocycles. The van der Waals surface area contributed by atoms with Gasteiger partial charge in [0, 0.05) is 49.1 Å². The van der Waals surface area contributed by atoms with Crippen molar-refractivity contribution in [2.24, 2.45) is 5.41 Å². The molecule has 8 nitrogen and oxygen atoms in total. The third kappa shape index (κ3) is 2.48. The maximum atomic E-state index is 13.5. The number of fused-ring (bicyclic) bond motifs is 1. The van der Waals surface area contributed by atoms with Crippen molar-refractivity contribution < 1.29 is 28.9 Å². The van der Waals surface area contributed by atoms with Crippen LogP contribution in [-0.2, 0) is 24.5 Å². The molecule has 6 atom stereocenters. The molecule has 1 aromatic carbocycles. The average molecular weight is 457 g/mol. The van der Waals surface area contributed by atoms with E-state index in [4.69, 9.17) is 14.2 Å². The monoisotopic (exact) mass is 456 g/mol. The van der Waals surface area contributed by atoms with Gasteiger partial charge < -0.3 is 24.2 Å². The summed E-state index contributed by atoms with van der Waals surface area (Å²) in [5, 5.41) is 12.5. The van der Waals surface area contributed by atoms with Gasteiger partial charge in [0.15, 0.2) is 6.10 Å². The fourth-order valence-corrected chi connectivity index (χ4v) is 7.68. The SMILES string of the molecule is CC[C@]12C=CCN3CC[C@@]4(c5ccc(OC)cc5N(C)[C@@H]4[C@](O)(C(=O)OC)[C@@H]1OC(C)=O)[C@@H]32. The van der Waals surface area contributed by atoms with Crippen LogP contribution in [0, 0.1) is 5.41 Å². The number of aliphatic hydroxyl groups is 1. The summed E-state index contributed by atoms with van der Waals surface area (Å²) in [5.41, 5.74) is -1.41. The average Bonchev–Trinajstić information content (AvgIpc) is 3.32. The summed E-state index contributed by atoms with van der Waals surface area (Å²) in [6, 6.07) is 5.22. The number of benzene rings is 1. The maximum Gasteiger partial charge on any atom is 0.344 e. The zero-order valence-electron chi connectivity index (χ0n) is 19.8. The lowest BCUT2D eigenvalue weighted by molar-refractivity contribution is -0.228. The number of ether oxygens (including phenoxy) is 3. The number of likely N-dealkylation sites (N-methyl/N-ethyl adjacent to an activating group) is 1. The lowest BCUT2D eigenvalue weighted by Crippen LogP contribution is -2.81. The minimum absolute atomic E-state index is 0.0589. The van der Waals surface area contributed by atoms with Gasteiger partial charge in [-0.05, 0) is 31.0 Å². The van der Waals surface area contributed by atoms with Crippen molar-refractivity contribution in [3.8, 4) is 5.75 Å². The number of esters is 2. The van der Waals surface area contributed by atoms with Gasteiger partial charge in [0.1, 0.15) is 5.75 Å². The lowest BCUT2D eigenvalue weighted by atomic mass is 9.47. The second kappa shape index (κ2) is 7.21. The molecule has 3 aliphatic heterocycles. The molecule has 1 spiro atoms. The van der Waals surface area contributed by atoms with Gasteiger partial charge in [-0.25, -0.2) is 4.79 Å². The molecule has 0 bridgehead atoms. The fourth-order valence-electron chi connectivity index (χ4n) is 7.68. The van der Waals surface area contributed by atoms with Crippen molar-refractivity contribution in [1.29, 1.82) is 0 Å². The van der Waals surface area contributed by atoms with E-state index in [1.165, 1.54) is 14.0 Å². The molecular weight excluding hydrogens is 424 g/mol. The molecule has 4 aliphatic rings. The number of carbonyl (C=O) groups is 2. The first-order valence-electron chi connectivity index (χ1n) is 11.5. The van der Waals surface area contributed by atoms with Crippen molar-refractivity contribution in [2.45, 2.75) is 55.9 Å². The fraction of sp³-hybridized carbons (Fsp3) is 0.600. The van der Waals surface area contributed by atoms with E-state index in [0.29, 0.717) is 12.2 Å². The van der Waals surface area contributed by atoms with Gasteiger partial charge in [-0.2, -0.15) is 0 Å². The predicted octanol–water partition coefficient (Wildman–Crippen LogP) is 1.64. The summed E-state index contributed by atoms with van der Waals surface area (Å²) in [7, 11) is 4.77. The first-order chi connectivity index (χ1) is 15.7. The van der Waals surface area contributed by atoms with E-state index in [9.17, 15) is 14.7 Å². The molecular formula is C25H32N2O6. The van der Waals surface area contributed by atoms with Crippen LogP contribution in [0.5, 0.6) is 5.75 Å². The molecule has 0 amide bonds. The van der Waals surface area contributed by atoms with E-state index in [-0.39, 0.29) is 6.04 Å². The van der Waals surface area contributed by atoms with Crippen LogP contribution in [0.3, 0.4) is 0 Å². The van der Waals surface area contributed by atoms with Crippen LogP contribution in [0.15, 0.2) is 30.4 Å². The van der Waals surface area contributed by atoms with Crippen LogP contribution in [0.2, 0.25) is 0 Å². The Bertz CT molecular complexity index is 1040. The molecule has 8 heteroatoms. The zero-order chi connectivity index (χ0) is 23.8. The van der Waals surface area contributed by atoms with Gasteiger partial charge in [-0.15, -0.1) is 0 Å². The lowest BCUT2D eigenvalue weighted by Gasteiger charge is -2.63. The van der Waals surface area contributed by atoms with Crippen molar-refractivity contribution in [1.82, 2.24) is 4.90 Å².